The third kappa shape index (κ3) is 9.31. The highest BCUT2D eigenvalue weighted by Gasteiger charge is 2.23. The Morgan fingerprint density at radius 1 is 0.160 bits per heavy atom. The molecule has 0 aliphatic heterocycles. The average Bonchev–Trinajstić information content (AvgIpc) is 1.56. The molecule has 0 saturated carbocycles. The van der Waals surface area contributed by atoms with E-state index in [4.69, 9.17) is 8.83 Å². The first kappa shape index (κ1) is 59.5. The Labute approximate surface area is 608 Å². The number of para-hydroxylation sites is 7. The van der Waals surface area contributed by atoms with Crippen molar-refractivity contribution < 1.29 is 8.83 Å². The molecule has 23 rings (SSSR count). The summed E-state index contributed by atoms with van der Waals surface area (Å²) in [6, 6.07) is 136. The van der Waals surface area contributed by atoms with Crippen molar-refractivity contribution in [2.75, 3.05) is 0 Å². The van der Waals surface area contributed by atoms with Gasteiger partial charge in [-0.3, -0.25) is 0 Å². The molecule has 494 valence electrons. The average molecular weight is 1350 g/mol. The zero-order valence-corrected chi connectivity index (χ0v) is 57.4. The monoisotopic (exact) mass is 1350 g/mol. The smallest absolute Gasteiger partial charge is 0.160 e. The van der Waals surface area contributed by atoms with Gasteiger partial charge in [0.25, 0.3) is 0 Å². The number of aromatic nitrogens is 4. The van der Waals surface area contributed by atoms with Crippen LogP contribution in [0.15, 0.2) is 385 Å². The SMILES string of the molecule is c1ccc(-n2c3ccc(-c4ccc(-c5ccc6c(c5)c5ccccc5n6-c5ccc6ccccc6c5)cc4)cc3c3ccc4c5ccccc5oc4c32)cc1.c1ccc(-n2c3ccccc3c3cc(-c4ccc(-c5ccc6c(c5)c5ccc7c8ccccc8oc7c5n6-c5ccccc5)cc4)ccc32)cc1. The summed E-state index contributed by atoms with van der Waals surface area (Å²) in [4.78, 5) is 0. The highest BCUT2D eigenvalue weighted by atomic mass is 16.3. The zero-order chi connectivity index (χ0) is 69.5. The van der Waals surface area contributed by atoms with Crippen LogP contribution in [0.4, 0.5) is 0 Å². The summed E-state index contributed by atoms with van der Waals surface area (Å²) in [7, 11) is 0. The highest BCUT2D eigenvalue weighted by molar-refractivity contribution is 6.24. The Kier molecular flexibility index (Phi) is 13.3. The first-order valence-corrected chi connectivity index (χ1v) is 36.3. The summed E-state index contributed by atoms with van der Waals surface area (Å²) < 4.78 is 22.6. The van der Waals surface area contributed by atoms with E-state index in [0.29, 0.717) is 0 Å². The molecule has 0 radical (unpaired) electrons. The minimum Gasteiger partial charge on any atom is -0.454 e. The summed E-state index contributed by atoms with van der Waals surface area (Å²) in [5.74, 6) is 0. The second kappa shape index (κ2) is 23.7. The maximum Gasteiger partial charge on any atom is 0.160 e. The normalized spacial score (nSPS) is 12.0. The second-order valence-electron chi connectivity index (χ2n) is 27.9. The number of benzene rings is 17. The van der Waals surface area contributed by atoms with E-state index >= 15 is 0 Å². The molecule has 6 heterocycles. The Morgan fingerprint density at radius 3 is 0.887 bits per heavy atom. The fraction of sp³-hybridized carbons (Fsp3) is 0. The molecule has 6 aromatic heterocycles. The van der Waals surface area contributed by atoms with Crippen LogP contribution in [-0.2, 0) is 0 Å². The van der Waals surface area contributed by atoms with Crippen molar-refractivity contribution in [2.45, 2.75) is 0 Å². The van der Waals surface area contributed by atoms with E-state index in [9.17, 15) is 0 Å². The van der Waals surface area contributed by atoms with Crippen LogP contribution >= 0.6 is 0 Å². The number of fused-ring (bicyclic) bond motifs is 21. The predicted octanol–water partition coefficient (Wildman–Crippen LogP) is 27.4. The van der Waals surface area contributed by atoms with Gasteiger partial charge < -0.3 is 27.1 Å². The van der Waals surface area contributed by atoms with Crippen molar-refractivity contribution in [3.63, 3.8) is 0 Å². The topological polar surface area (TPSA) is 46.0 Å². The van der Waals surface area contributed by atoms with Gasteiger partial charge in [0.2, 0.25) is 0 Å². The van der Waals surface area contributed by atoms with Gasteiger partial charge >= 0.3 is 0 Å². The van der Waals surface area contributed by atoms with Gasteiger partial charge in [-0.05, 0) is 189 Å². The standard InChI is InChI=1S/C52H32N2O.C48H30N2O/c1-2-12-39(13-3-1)54-49-29-24-38(32-46(49)43-26-27-44-42-15-7-9-17-50(42)55-52(44)51(43)54)35-20-18-34(19-21-35)37-23-28-48-45(31-37)41-14-6-8-16-47(41)53(48)40-25-22-33-10-4-5-11-36(33)30-40;1-3-11-35(12-4-1)49-43-17-9-7-15-37(43)41-29-33(23-27-44(41)49)31-19-21-32(22-20-31)34-24-28-45-42(30-34)39-25-26-40-38-16-8-10-18-46(38)51-48(40)47(39)50(45)36-13-5-2-6-14-36/h1-32H;1-30H. The van der Waals surface area contributed by atoms with E-state index < -0.39 is 0 Å². The lowest BCUT2D eigenvalue weighted by atomic mass is 9.98. The fourth-order valence-corrected chi connectivity index (χ4v) is 17.1. The highest BCUT2D eigenvalue weighted by Crippen LogP contribution is 2.46. The fourth-order valence-electron chi connectivity index (χ4n) is 17.1. The molecule has 0 unspecified atom stereocenters. The lowest BCUT2D eigenvalue weighted by Gasteiger charge is -2.10. The molecule has 0 saturated heterocycles. The molecule has 0 amide bonds. The van der Waals surface area contributed by atoms with E-state index in [-0.39, 0.29) is 0 Å². The summed E-state index contributed by atoms with van der Waals surface area (Å²) in [6.45, 7) is 0. The molecular weight excluding hydrogens is 1290 g/mol. The molecule has 0 bridgehead atoms. The third-order valence-electron chi connectivity index (χ3n) is 22.0. The molecule has 6 heteroatoms. The number of nitrogens with zero attached hydrogens (tertiary/aromatic N) is 4. The number of hydrogen-bond donors (Lipinski definition) is 0. The van der Waals surface area contributed by atoms with Crippen molar-refractivity contribution in [1.29, 1.82) is 0 Å². The summed E-state index contributed by atoms with van der Waals surface area (Å²) in [5, 5.41) is 16.8. The Bertz CT molecular complexity index is 7470. The maximum absolute atomic E-state index is 6.59. The van der Waals surface area contributed by atoms with Gasteiger partial charge in [-0.2, -0.15) is 0 Å². The van der Waals surface area contributed by atoms with Crippen LogP contribution in [0.25, 0.3) is 209 Å². The molecule has 0 N–H and O–H groups in total. The van der Waals surface area contributed by atoms with Crippen LogP contribution in [-0.4, -0.2) is 18.3 Å². The van der Waals surface area contributed by atoms with Gasteiger partial charge in [0.15, 0.2) is 11.2 Å². The molecule has 6 nitrogen and oxygen atoms in total. The van der Waals surface area contributed by atoms with Crippen molar-refractivity contribution in [2.24, 2.45) is 0 Å². The van der Waals surface area contributed by atoms with Crippen molar-refractivity contribution >= 4 is 142 Å². The lowest BCUT2D eigenvalue weighted by molar-refractivity contribution is 0.670. The van der Waals surface area contributed by atoms with Crippen LogP contribution in [0.5, 0.6) is 0 Å². The van der Waals surface area contributed by atoms with Gasteiger partial charge in [0.05, 0.1) is 44.1 Å². The molecule has 0 aliphatic rings. The molecule has 0 spiro atoms. The Morgan fingerprint density at radius 2 is 0.462 bits per heavy atom. The first-order chi connectivity index (χ1) is 52.6. The van der Waals surface area contributed by atoms with E-state index in [1.807, 2.05) is 12.1 Å². The van der Waals surface area contributed by atoms with Gasteiger partial charge in [0.1, 0.15) is 11.2 Å². The summed E-state index contributed by atoms with van der Waals surface area (Å²) >= 11 is 0. The van der Waals surface area contributed by atoms with Crippen LogP contribution in [0, 0.1) is 0 Å². The van der Waals surface area contributed by atoms with Gasteiger partial charge in [0, 0.05) is 87.4 Å². The summed E-state index contributed by atoms with van der Waals surface area (Å²) in [5.41, 5.74) is 27.2. The van der Waals surface area contributed by atoms with Gasteiger partial charge in [-0.1, -0.05) is 243 Å². The molecule has 23 aromatic rings. The Balaban J connectivity index is 0.000000133. The molecule has 0 aliphatic carbocycles. The van der Waals surface area contributed by atoms with E-state index in [1.54, 1.807) is 0 Å². The third-order valence-corrected chi connectivity index (χ3v) is 22.0. The number of rotatable bonds is 8. The molecular formula is C100H62N4O2. The van der Waals surface area contributed by atoms with E-state index in [1.165, 1.54) is 132 Å². The van der Waals surface area contributed by atoms with Crippen molar-refractivity contribution in [1.82, 2.24) is 18.3 Å². The molecule has 106 heavy (non-hydrogen) atoms. The maximum atomic E-state index is 6.59. The largest absolute Gasteiger partial charge is 0.454 e. The van der Waals surface area contributed by atoms with Crippen LogP contribution in [0.2, 0.25) is 0 Å². The second-order valence-corrected chi connectivity index (χ2v) is 27.9. The lowest BCUT2D eigenvalue weighted by Crippen LogP contribution is -1.93. The molecule has 17 aromatic carbocycles. The van der Waals surface area contributed by atoms with Crippen molar-refractivity contribution in [3.05, 3.63) is 376 Å². The quantitative estimate of drug-likeness (QED) is 0.152. The van der Waals surface area contributed by atoms with Crippen LogP contribution in [0.3, 0.4) is 0 Å². The molecule has 0 atom stereocenters. The summed E-state index contributed by atoms with van der Waals surface area (Å²) in [6.07, 6.45) is 0. The number of furan rings is 2. The van der Waals surface area contributed by atoms with Crippen LogP contribution < -0.4 is 0 Å². The Hall–Kier alpha value is -14.2. The van der Waals surface area contributed by atoms with Gasteiger partial charge in [-0.15, -0.1) is 0 Å². The first-order valence-electron chi connectivity index (χ1n) is 36.3. The minimum absolute atomic E-state index is 0.908. The van der Waals surface area contributed by atoms with E-state index in [2.05, 4.69) is 382 Å². The zero-order valence-electron chi connectivity index (χ0n) is 57.4. The predicted molar refractivity (Wildman–Crippen MR) is 444 cm³/mol. The molecule has 0 fully saturated rings. The van der Waals surface area contributed by atoms with Crippen molar-refractivity contribution in [3.8, 4) is 67.3 Å². The number of hydrogen-bond acceptors (Lipinski definition) is 2. The van der Waals surface area contributed by atoms with Gasteiger partial charge in [-0.25, -0.2) is 0 Å². The van der Waals surface area contributed by atoms with E-state index in [0.717, 1.165) is 77.3 Å². The van der Waals surface area contributed by atoms with Crippen LogP contribution in [0.1, 0.15) is 0 Å². The minimum atomic E-state index is 0.908.